The molecule has 0 amide bonds. The van der Waals surface area contributed by atoms with Crippen LogP contribution in [0.5, 0.6) is 0 Å². The smallest absolute Gasteiger partial charge is 0.316 e. The second kappa shape index (κ2) is 9.17. The average Bonchev–Trinajstić information content (AvgIpc) is 3.47. The number of aryl methyl sites for hydroxylation is 3. The van der Waals surface area contributed by atoms with Crippen LogP contribution < -0.4 is 0 Å². The molecule has 0 spiro atoms. The zero-order valence-corrected chi connectivity index (χ0v) is 18.1. The fraction of sp³-hybridized carbons (Fsp3) is 0.286. The maximum atomic E-state index is 12.0. The molecule has 0 fully saturated rings. The van der Waals surface area contributed by atoms with Crippen LogP contribution in [-0.2, 0) is 21.9 Å². The maximum Gasteiger partial charge on any atom is 0.316 e. The highest BCUT2D eigenvalue weighted by atomic mass is 32.2. The molecule has 0 aliphatic carbocycles. The van der Waals surface area contributed by atoms with Crippen molar-refractivity contribution in [2.45, 2.75) is 33.1 Å². The molecular weight excluding hydrogens is 420 g/mol. The first-order valence-corrected chi connectivity index (χ1v) is 10.7. The van der Waals surface area contributed by atoms with Crippen molar-refractivity contribution in [2.24, 2.45) is 0 Å². The summed E-state index contributed by atoms with van der Waals surface area (Å²) in [6.45, 7) is 5.39. The Morgan fingerprint density at radius 3 is 2.55 bits per heavy atom. The van der Waals surface area contributed by atoms with Gasteiger partial charge in [-0.3, -0.25) is 4.79 Å². The number of esters is 1. The van der Waals surface area contributed by atoms with E-state index in [1.54, 1.807) is 6.92 Å². The van der Waals surface area contributed by atoms with Gasteiger partial charge in [0.25, 0.3) is 11.8 Å². The monoisotopic (exact) mass is 440 g/mol. The Bertz CT molecular complexity index is 1160. The number of nitrogens with zero attached hydrogens (tertiary/aromatic N) is 4. The molecule has 0 N–H and O–H groups in total. The molecule has 31 heavy (non-hydrogen) atoms. The third-order valence-corrected chi connectivity index (χ3v) is 5.53. The fourth-order valence-corrected chi connectivity index (χ4v) is 3.93. The first-order chi connectivity index (χ1) is 15.0. The van der Waals surface area contributed by atoms with Crippen LogP contribution in [-0.4, -0.2) is 32.2 Å². The highest BCUT2D eigenvalue weighted by Crippen LogP contribution is 2.33. The Kier molecular flexibility index (Phi) is 6.17. The van der Waals surface area contributed by atoms with Crippen LogP contribution in [0.25, 0.3) is 22.7 Å². The molecule has 3 heterocycles. The van der Waals surface area contributed by atoms with E-state index in [2.05, 4.69) is 20.5 Å². The van der Waals surface area contributed by atoms with Gasteiger partial charge in [0.1, 0.15) is 22.8 Å². The summed E-state index contributed by atoms with van der Waals surface area (Å²) in [7, 11) is 0. The molecule has 0 atom stereocenters. The van der Waals surface area contributed by atoms with Crippen LogP contribution in [0.1, 0.15) is 28.7 Å². The molecule has 0 unspecified atom stereocenters. The van der Waals surface area contributed by atoms with Gasteiger partial charge in [-0.15, -0.1) is 22.0 Å². The number of carbonyl (C=O) groups is 1. The van der Waals surface area contributed by atoms with E-state index in [1.165, 1.54) is 11.8 Å². The molecule has 1 aromatic carbocycles. The molecule has 4 rings (SSSR count). The van der Waals surface area contributed by atoms with Gasteiger partial charge >= 0.3 is 5.97 Å². The summed E-state index contributed by atoms with van der Waals surface area (Å²) in [5, 5.41) is 16.1. The molecule has 0 radical (unpaired) electrons. The SMILES string of the molecule is Cc1noc(C)c1CSCC(=O)OCc1nnc(-c2c(-c3ccccc3)noc2C)o1. The second-order valence-electron chi connectivity index (χ2n) is 6.79. The zero-order valence-electron chi connectivity index (χ0n) is 17.2. The number of carbonyl (C=O) groups excluding carboxylic acids is 1. The zero-order chi connectivity index (χ0) is 21.8. The van der Waals surface area contributed by atoms with Crippen LogP contribution in [0.3, 0.4) is 0 Å². The van der Waals surface area contributed by atoms with Crippen molar-refractivity contribution in [1.82, 2.24) is 20.5 Å². The summed E-state index contributed by atoms with van der Waals surface area (Å²) in [6, 6.07) is 9.57. The van der Waals surface area contributed by atoms with Crippen molar-refractivity contribution in [3.8, 4) is 22.7 Å². The Morgan fingerprint density at radius 1 is 1.03 bits per heavy atom. The molecule has 10 heteroatoms. The van der Waals surface area contributed by atoms with Crippen molar-refractivity contribution < 1.29 is 23.0 Å². The minimum atomic E-state index is -0.373. The highest BCUT2D eigenvalue weighted by molar-refractivity contribution is 7.99. The summed E-state index contributed by atoms with van der Waals surface area (Å²) in [4.78, 5) is 12.0. The van der Waals surface area contributed by atoms with Gasteiger partial charge in [-0.2, -0.15) is 0 Å². The van der Waals surface area contributed by atoms with Crippen LogP contribution in [0, 0.1) is 20.8 Å². The molecule has 0 aliphatic rings. The molecule has 9 nitrogen and oxygen atoms in total. The number of thioether (sulfide) groups is 1. The Labute approximate surface area is 182 Å². The first kappa shape index (κ1) is 20.9. The van der Waals surface area contributed by atoms with Crippen molar-refractivity contribution in [3.05, 3.63) is 59.0 Å². The maximum absolute atomic E-state index is 12.0. The fourth-order valence-electron chi connectivity index (χ4n) is 2.96. The molecule has 160 valence electrons. The first-order valence-electron chi connectivity index (χ1n) is 9.52. The third kappa shape index (κ3) is 4.69. The summed E-state index contributed by atoms with van der Waals surface area (Å²) in [5.74, 6) is 2.21. The van der Waals surface area contributed by atoms with Crippen LogP contribution in [0.15, 0.2) is 43.8 Å². The van der Waals surface area contributed by atoms with Gasteiger partial charge in [-0.25, -0.2) is 0 Å². The minimum absolute atomic E-state index is 0.108. The van der Waals surface area contributed by atoms with E-state index in [0.29, 0.717) is 22.8 Å². The molecule has 0 saturated carbocycles. The summed E-state index contributed by atoms with van der Waals surface area (Å²) >= 11 is 1.43. The normalized spacial score (nSPS) is 11.1. The third-order valence-electron chi connectivity index (χ3n) is 4.59. The lowest BCUT2D eigenvalue weighted by Gasteiger charge is -2.02. The van der Waals surface area contributed by atoms with E-state index in [-0.39, 0.29) is 30.1 Å². The Balaban J connectivity index is 1.35. The van der Waals surface area contributed by atoms with Gasteiger partial charge in [0.2, 0.25) is 0 Å². The number of benzene rings is 1. The number of rotatable bonds is 8. The van der Waals surface area contributed by atoms with Crippen LogP contribution in [0.2, 0.25) is 0 Å². The lowest BCUT2D eigenvalue weighted by molar-refractivity contribution is -0.142. The predicted molar refractivity (Wildman–Crippen MR) is 112 cm³/mol. The van der Waals surface area contributed by atoms with Crippen molar-refractivity contribution in [1.29, 1.82) is 0 Å². The summed E-state index contributed by atoms with van der Waals surface area (Å²) in [6.07, 6.45) is 0. The van der Waals surface area contributed by atoms with Crippen molar-refractivity contribution >= 4 is 17.7 Å². The lowest BCUT2D eigenvalue weighted by atomic mass is 10.1. The molecule has 0 saturated heterocycles. The van der Waals surface area contributed by atoms with Gasteiger partial charge in [0, 0.05) is 16.9 Å². The van der Waals surface area contributed by atoms with E-state index >= 15 is 0 Å². The second-order valence-corrected chi connectivity index (χ2v) is 7.77. The van der Waals surface area contributed by atoms with Crippen molar-refractivity contribution in [3.63, 3.8) is 0 Å². The quantitative estimate of drug-likeness (QED) is 0.367. The summed E-state index contributed by atoms with van der Waals surface area (Å²) < 4.78 is 21.4. The van der Waals surface area contributed by atoms with Gasteiger partial charge in [0.05, 0.1) is 11.4 Å². The van der Waals surface area contributed by atoms with Crippen LogP contribution >= 0.6 is 11.8 Å². The van der Waals surface area contributed by atoms with Gasteiger partial charge in [-0.1, -0.05) is 40.6 Å². The molecule has 0 aliphatic heterocycles. The Hall–Kier alpha value is -3.40. The number of aromatic nitrogens is 4. The van der Waals surface area contributed by atoms with E-state index in [1.807, 2.05) is 44.2 Å². The molecule has 0 bridgehead atoms. The van der Waals surface area contributed by atoms with E-state index in [0.717, 1.165) is 22.6 Å². The van der Waals surface area contributed by atoms with Gasteiger partial charge in [0.15, 0.2) is 6.61 Å². The van der Waals surface area contributed by atoms with E-state index < -0.39 is 0 Å². The van der Waals surface area contributed by atoms with Crippen molar-refractivity contribution in [2.75, 3.05) is 5.75 Å². The van der Waals surface area contributed by atoms with Crippen LogP contribution in [0.4, 0.5) is 0 Å². The lowest BCUT2D eigenvalue weighted by Crippen LogP contribution is -2.07. The predicted octanol–water partition coefficient (Wildman–Crippen LogP) is 4.28. The molecule has 4 aromatic rings. The topological polar surface area (TPSA) is 117 Å². The molecular formula is C21H20N4O5S. The van der Waals surface area contributed by atoms with Gasteiger partial charge in [-0.05, 0) is 20.8 Å². The van der Waals surface area contributed by atoms with E-state index in [4.69, 9.17) is 18.2 Å². The van der Waals surface area contributed by atoms with E-state index in [9.17, 15) is 4.79 Å². The highest BCUT2D eigenvalue weighted by Gasteiger charge is 2.22. The molecule has 3 aromatic heterocycles. The van der Waals surface area contributed by atoms with Gasteiger partial charge < -0.3 is 18.2 Å². The Morgan fingerprint density at radius 2 is 1.81 bits per heavy atom. The number of ether oxygens (including phenoxy) is 1. The largest absolute Gasteiger partial charge is 0.455 e. The average molecular weight is 440 g/mol. The minimum Gasteiger partial charge on any atom is -0.455 e. The number of hydrogen-bond donors (Lipinski definition) is 0. The number of hydrogen-bond acceptors (Lipinski definition) is 10. The summed E-state index contributed by atoms with van der Waals surface area (Å²) in [5.41, 5.74) is 3.93. The standard InChI is InChI=1S/C21H20N4O5S/c1-12-16(13(2)29-24-12)10-31-11-18(26)27-9-17-22-23-21(28-17)19-14(3)30-25-20(19)15-7-5-4-6-8-15/h4-8H,9-11H2,1-3H3.